The second-order valence-electron chi connectivity index (χ2n) is 4.57. The largest absolute Gasteiger partial charge is 0.347 e. The van der Waals surface area contributed by atoms with Gasteiger partial charge in [-0.1, -0.05) is 30.3 Å². The quantitative estimate of drug-likeness (QED) is 0.804. The topological polar surface area (TPSA) is 93.0 Å². The molecule has 2 rings (SSSR count). The van der Waals surface area contributed by atoms with Gasteiger partial charge in [0.25, 0.3) is 0 Å². The lowest BCUT2D eigenvalue weighted by atomic mass is 10.2. The average Bonchev–Trinajstić information content (AvgIpc) is 2.94. The molecule has 0 aliphatic rings. The van der Waals surface area contributed by atoms with Crippen molar-refractivity contribution in [2.24, 2.45) is 0 Å². The molecular weight excluding hydrogens is 272 g/mol. The lowest BCUT2D eigenvalue weighted by Crippen LogP contribution is -2.38. The minimum atomic E-state index is -0.345. The normalized spacial score (nSPS) is 10.2. The molecule has 2 aromatic rings. The van der Waals surface area contributed by atoms with E-state index in [-0.39, 0.29) is 24.9 Å². The molecular formula is C13H16N6O2. The Morgan fingerprint density at radius 1 is 1.24 bits per heavy atom. The van der Waals surface area contributed by atoms with Crippen molar-refractivity contribution in [3.63, 3.8) is 0 Å². The molecule has 0 spiro atoms. The summed E-state index contributed by atoms with van der Waals surface area (Å²) in [4.78, 5) is 25.6. The van der Waals surface area contributed by atoms with Crippen molar-refractivity contribution in [1.29, 1.82) is 0 Å². The molecule has 2 amide bonds. The monoisotopic (exact) mass is 288 g/mol. The molecule has 1 heterocycles. The molecule has 1 N–H and O–H groups in total. The van der Waals surface area contributed by atoms with Gasteiger partial charge in [0.1, 0.15) is 6.54 Å². The first-order valence-corrected chi connectivity index (χ1v) is 6.36. The Hall–Kier alpha value is -2.77. The summed E-state index contributed by atoms with van der Waals surface area (Å²) in [6.07, 6.45) is 0. The van der Waals surface area contributed by atoms with E-state index in [9.17, 15) is 9.59 Å². The van der Waals surface area contributed by atoms with Crippen molar-refractivity contribution < 1.29 is 9.59 Å². The maximum Gasteiger partial charge on any atom is 0.244 e. The highest BCUT2D eigenvalue weighted by Crippen LogP contribution is 2.11. The van der Waals surface area contributed by atoms with E-state index in [0.29, 0.717) is 5.82 Å². The number of tetrazole rings is 1. The molecule has 0 aliphatic heterocycles. The fraction of sp³-hybridized carbons (Fsp3) is 0.308. The van der Waals surface area contributed by atoms with Crippen molar-refractivity contribution in [3.8, 4) is 11.4 Å². The highest BCUT2D eigenvalue weighted by Gasteiger charge is 2.10. The summed E-state index contributed by atoms with van der Waals surface area (Å²) in [5, 5.41) is 14.3. The Morgan fingerprint density at radius 3 is 2.62 bits per heavy atom. The van der Waals surface area contributed by atoms with E-state index in [0.717, 1.165) is 5.56 Å². The zero-order valence-electron chi connectivity index (χ0n) is 11.9. The van der Waals surface area contributed by atoms with E-state index in [1.54, 1.807) is 14.1 Å². The Kier molecular flexibility index (Phi) is 4.60. The van der Waals surface area contributed by atoms with Crippen molar-refractivity contribution >= 4 is 11.8 Å². The molecule has 0 radical (unpaired) electrons. The van der Waals surface area contributed by atoms with E-state index in [2.05, 4.69) is 20.7 Å². The van der Waals surface area contributed by atoms with Crippen LogP contribution in [-0.4, -0.2) is 57.6 Å². The Labute approximate surface area is 121 Å². The zero-order chi connectivity index (χ0) is 15.2. The molecule has 0 saturated heterocycles. The number of amides is 2. The van der Waals surface area contributed by atoms with Gasteiger partial charge in [0.05, 0.1) is 6.54 Å². The average molecular weight is 288 g/mol. The molecule has 0 atom stereocenters. The molecule has 8 nitrogen and oxygen atoms in total. The first-order valence-electron chi connectivity index (χ1n) is 6.36. The first kappa shape index (κ1) is 14.6. The number of likely N-dealkylation sites (N-methyl/N-ethyl adjacent to an activating group) is 1. The SMILES string of the molecule is CN(C)C(=O)CNC(=O)Cn1nnc(-c2ccccc2)n1. The van der Waals surface area contributed by atoms with Gasteiger partial charge in [0.2, 0.25) is 17.6 Å². The van der Waals surface area contributed by atoms with E-state index < -0.39 is 0 Å². The standard InChI is InChI=1S/C13H16N6O2/c1-18(2)12(21)8-14-11(20)9-19-16-13(15-17-19)10-6-4-3-5-7-10/h3-7H,8-9H2,1-2H3,(H,14,20). The number of benzene rings is 1. The third-order valence-electron chi connectivity index (χ3n) is 2.71. The van der Waals surface area contributed by atoms with Crippen LogP contribution < -0.4 is 5.32 Å². The number of carbonyl (C=O) groups excluding carboxylic acids is 2. The smallest absolute Gasteiger partial charge is 0.244 e. The van der Waals surface area contributed by atoms with Gasteiger partial charge in [-0.15, -0.1) is 10.2 Å². The van der Waals surface area contributed by atoms with Crippen LogP contribution in [0.15, 0.2) is 30.3 Å². The summed E-state index contributed by atoms with van der Waals surface area (Å²) >= 11 is 0. The van der Waals surface area contributed by atoms with Crippen molar-refractivity contribution in [2.45, 2.75) is 6.54 Å². The van der Waals surface area contributed by atoms with Gasteiger partial charge < -0.3 is 10.2 Å². The predicted octanol–water partition coefficient (Wildman–Crippen LogP) is -0.455. The summed E-state index contributed by atoms with van der Waals surface area (Å²) in [6, 6.07) is 9.35. The summed E-state index contributed by atoms with van der Waals surface area (Å²) in [7, 11) is 3.25. The first-order chi connectivity index (χ1) is 10.1. The molecule has 21 heavy (non-hydrogen) atoms. The van der Waals surface area contributed by atoms with E-state index in [1.165, 1.54) is 9.70 Å². The van der Waals surface area contributed by atoms with Crippen molar-refractivity contribution in [2.75, 3.05) is 20.6 Å². The number of nitrogens with zero attached hydrogens (tertiary/aromatic N) is 5. The fourth-order valence-electron chi connectivity index (χ4n) is 1.53. The highest BCUT2D eigenvalue weighted by atomic mass is 16.2. The van der Waals surface area contributed by atoms with Gasteiger partial charge in [-0.2, -0.15) is 4.80 Å². The number of rotatable bonds is 5. The number of aromatic nitrogens is 4. The van der Waals surface area contributed by atoms with Crippen LogP contribution in [0.3, 0.4) is 0 Å². The molecule has 1 aromatic heterocycles. The Morgan fingerprint density at radius 2 is 1.95 bits per heavy atom. The highest BCUT2D eigenvalue weighted by molar-refractivity contribution is 5.84. The molecule has 0 aliphatic carbocycles. The summed E-state index contributed by atoms with van der Waals surface area (Å²) < 4.78 is 0. The molecule has 0 saturated carbocycles. The second kappa shape index (κ2) is 6.60. The maximum absolute atomic E-state index is 11.7. The lowest BCUT2D eigenvalue weighted by Gasteiger charge is -2.10. The van der Waals surface area contributed by atoms with Crippen LogP contribution in [0.25, 0.3) is 11.4 Å². The van der Waals surface area contributed by atoms with Gasteiger partial charge in [0.15, 0.2) is 0 Å². The minimum absolute atomic E-state index is 0.0495. The molecule has 0 fully saturated rings. The van der Waals surface area contributed by atoms with Crippen LogP contribution in [0.2, 0.25) is 0 Å². The molecule has 0 bridgehead atoms. The Balaban J connectivity index is 1.91. The fourth-order valence-corrected chi connectivity index (χ4v) is 1.53. The number of carbonyl (C=O) groups is 2. The minimum Gasteiger partial charge on any atom is -0.347 e. The molecule has 0 unspecified atom stereocenters. The molecule has 8 heteroatoms. The van der Waals surface area contributed by atoms with Crippen molar-refractivity contribution in [1.82, 2.24) is 30.4 Å². The number of nitrogens with one attached hydrogen (secondary N) is 1. The zero-order valence-corrected chi connectivity index (χ0v) is 11.9. The molecule has 1 aromatic carbocycles. The van der Waals surface area contributed by atoms with Crippen LogP contribution in [0, 0.1) is 0 Å². The van der Waals surface area contributed by atoms with Gasteiger partial charge in [-0.3, -0.25) is 9.59 Å². The maximum atomic E-state index is 11.7. The number of hydrogen-bond donors (Lipinski definition) is 1. The van der Waals surface area contributed by atoms with Crippen LogP contribution in [0.5, 0.6) is 0 Å². The number of hydrogen-bond acceptors (Lipinski definition) is 5. The summed E-state index contributed by atoms with van der Waals surface area (Å²) in [6.45, 7) is -0.132. The van der Waals surface area contributed by atoms with Gasteiger partial charge in [-0.25, -0.2) is 0 Å². The van der Waals surface area contributed by atoms with Crippen LogP contribution >= 0.6 is 0 Å². The van der Waals surface area contributed by atoms with Gasteiger partial charge in [-0.05, 0) is 5.21 Å². The van der Waals surface area contributed by atoms with Crippen LogP contribution in [0.4, 0.5) is 0 Å². The third kappa shape index (κ3) is 4.10. The summed E-state index contributed by atoms with van der Waals surface area (Å²) in [5.41, 5.74) is 0.826. The van der Waals surface area contributed by atoms with Crippen LogP contribution in [0.1, 0.15) is 0 Å². The van der Waals surface area contributed by atoms with E-state index >= 15 is 0 Å². The molecule has 110 valence electrons. The third-order valence-corrected chi connectivity index (χ3v) is 2.71. The predicted molar refractivity (Wildman–Crippen MR) is 75.0 cm³/mol. The van der Waals surface area contributed by atoms with E-state index in [1.807, 2.05) is 30.3 Å². The van der Waals surface area contributed by atoms with Crippen molar-refractivity contribution in [3.05, 3.63) is 30.3 Å². The van der Waals surface area contributed by atoms with Crippen LogP contribution in [-0.2, 0) is 16.1 Å². The summed E-state index contributed by atoms with van der Waals surface area (Å²) in [5.74, 6) is -0.0742. The lowest BCUT2D eigenvalue weighted by molar-refractivity contribution is -0.131. The van der Waals surface area contributed by atoms with Gasteiger partial charge in [0, 0.05) is 19.7 Å². The van der Waals surface area contributed by atoms with E-state index in [4.69, 9.17) is 0 Å². The second-order valence-corrected chi connectivity index (χ2v) is 4.57. The Bertz CT molecular complexity index is 623. The van der Waals surface area contributed by atoms with Gasteiger partial charge >= 0.3 is 0 Å².